The number of nitrogens with two attached hydrogens (primary N) is 2. The zero-order valence-corrected chi connectivity index (χ0v) is 7.29. The molecule has 0 saturated carbocycles. The maximum Gasteiger partial charge on any atom is 0.0632 e. The van der Waals surface area contributed by atoms with Gasteiger partial charge in [-0.15, -0.1) is 24.8 Å². The fraction of sp³-hybridized carbons (Fsp3) is 1.00. The molecule has 1 heterocycles. The van der Waals surface area contributed by atoms with Crippen molar-refractivity contribution >= 4 is 24.8 Å². The first kappa shape index (κ1) is 13.1. The van der Waals surface area contributed by atoms with Gasteiger partial charge in [0.15, 0.2) is 0 Å². The minimum Gasteiger partial charge on any atom is -0.380 e. The summed E-state index contributed by atoms with van der Waals surface area (Å²) in [4.78, 5) is 0. The molecule has 1 aliphatic heterocycles. The van der Waals surface area contributed by atoms with Crippen LogP contribution < -0.4 is 11.5 Å². The van der Waals surface area contributed by atoms with Gasteiger partial charge >= 0.3 is 0 Å². The Morgan fingerprint density at radius 1 is 1.10 bits per heavy atom. The average Bonchev–Trinajstić information content (AvgIpc) is 1.77. The van der Waals surface area contributed by atoms with Crippen molar-refractivity contribution in [3.05, 3.63) is 0 Å². The van der Waals surface area contributed by atoms with E-state index in [0.717, 1.165) is 13.0 Å². The van der Waals surface area contributed by atoms with Gasteiger partial charge in [0.25, 0.3) is 0 Å². The van der Waals surface area contributed by atoms with Crippen LogP contribution in [0.2, 0.25) is 0 Å². The SMILES string of the molecule is Cl.Cl.N[C@@H]1CCOC[C@@H]1N. The fourth-order valence-electron chi connectivity index (χ4n) is 0.777. The molecule has 0 aromatic heterocycles. The van der Waals surface area contributed by atoms with Gasteiger partial charge in [0.05, 0.1) is 6.61 Å². The first-order chi connectivity index (χ1) is 3.80. The summed E-state index contributed by atoms with van der Waals surface area (Å²) in [6.07, 6.45) is 0.904. The first-order valence-corrected chi connectivity index (χ1v) is 2.89. The van der Waals surface area contributed by atoms with Gasteiger partial charge in [0, 0.05) is 18.7 Å². The Kier molecular flexibility index (Phi) is 8.09. The van der Waals surface area contributed by atoms with Crippen molar-refractivity contribution in [1.82, 2.24) is 0 Å². The third-order valence-electron chi connectivity index (χ3n) is 1.46. The lowest BCUT2D eigenvalue weighted by molar-refractivity contribution is 0.0711. The molecule has 0 amide bonds. The number of ether oxygens (including phenoxy) is 1. The molecule has 10 heavy (non-hydrogen) atoms. The molecule has 0 aromatic rings. The molecule has 1 aliphatic rings. The number of halogens is 2. The Morgan fingerprint density at radius 3 is 2.00 bits per heavy atom. The van der Waals surface area contributed by atoms with Gasteiger partial charge in [-0.3, -0.25) is 0 Å². The lowest BCUT2D eigenvalue weighted by Gasteiger charge is -2.24. The highest BCUT2D eigenvalue weighted by molar-refractivity contribution is 5.85. The summed E-state index contributed by atoms with van der Waals surface area (Å²) in [6.45, 7) is 1.40. The van der Waals surface area contributed by atoms with Crippen molar-refractivity contribution in [3.63, 3.8) is 0 Å². The van der Waals surface area contributed by atoms with E-state index in [1.54, 1.807) is 0 Å². The van der Waals surface area contributed by atoms with E-state index < -0.39 is 0 Å². The second-order valence-corrected chi connectivity index (χ2v) is 2.19. The van der Waals surface area contributed by atoms with Gasteiger partial charge in [0.1, 0.15) is 0 Å². The van der Waals surface area contributed by atoms with Crippen LogP contribution in [0.1, 0.15) is 6.42 Å². The summed E-state index contributed by atoms with van der Waals surface area (Å²) in [5.41, 5.74) is 11.1. The van der Waals surface area contributed by atoms with Crippen molar-refractivity contribution in [3.8, 4) is 0 Å². The first-order valence-electron chi connectivity index (χ1n) is 2.89. The lowest BCUT2D eigenvalue weighted by atomic mass is 10.1. The van der Waals surface area contributed by atoms with Crippen LogP contribution in [-0.2, 0) is 4.74 Å². The molecule has 2 atom stereocenters. The monoisotopic (exact) mass is 188 g/mol. The van der Waals surface area contributed by atoms with Crippen molar-refractivity contribution in [2.24, 2.45) is 11.5 Å². The second-order valence-electron chi connectivity index (χ2n) is 2.19. The predicted octanol–water partition coefficient (Wildman–Crippen LogP) is -0.0951. The molecule has 0 radical (unpaired) electrons. The summed E-state index contributed by atoms with van der Waals surface area (Å²) in [7, 11) is 0. The van der Waals surface area contributed by atoms with Crippen LogP contribution >= 0.6 is 24.8 Å². The summed E-state index contributed by atoms with van der Waals surface area (Å²) in [6, 6.07) is 0.215. The van der Waals surface area contributed by atoms with Gasteiger partial charge in [0.2, 0.25) is 0 Å². The molecule has 0 unspecified atom stereocenters. The van der Waals surface area contributed by atoms with E-state index >= 15 is 0 Å². The highest BCUT2D eigenvalue weighted by Crippen LogP contribution is 2.01. The molecule has 0 aliphatic carbocycles. The van der Waals surface area contributed by atoms with Crippen LogP contribution in [-0.4, -0.2) is 25.3 Å². The minimum absolute atomic E-state index is 0. The molecule has 1 fully saturated rings. The van der Waals surface area contributed by atoms with Crippen LogP contribution in [0.5, 0.6) is 0 Å². The fourth-order valence-corrected chi connectivity index (χ4v) is 0.777. The van der Waals surface area contributed by atoms with Crippen LogP contribution in [0.15, 0.2) is 0 Å². The Bertz CT molecular complexity index is 74.0. The quantitative estimate of drug-likeness (QED) is 0.559. The van der Waals surface area contributed by atoms with Gasteiger partial charge in [-0.1, -0.05) is 0 Å². The highest BCUT2D eigenvalue weighted by atomic mass is 35.5. The summed E-state index contributed by atoms with van der Waals surface area (Å²) >= 11 is 0. The molecular weight excluding hydrogens is 175 g/mol. The van der Waals surface area contributed by atoms with E-state index in [2.05, 4.69) is 0 Å². The number of rotatable bonds is 0. The maximum absolute atomic E-state index is 5.57. The van der Waals surface area contributed by atoms with Gasteiger partial charge in [-0.2, -0.15) is 0 Å². The van der Waals surface area contributed by atoms with Crippen LogP contribution in [0, 0.1) is 0 Å². The Hall–Kier alpha value is 0.460. The lowest BCUT2D eigenvalue weighted by Crippen LogP contribution is -2.48. The molecule has 0 aromatic carbocycles. The standard InChI is InChI=1S/C5H12N2O.2ClH/c6-4-1-2-8-3-5(4)7;;/h4-5H,1-3,6-7H2;2*1H/t4-,5+;;/m1../s1. The van der Waals surface area contributed by atoms with Crippen molar-refractivity contribution in [1.29, 1.82) is 0 Å². The Labute approximate surface area is 73.3 Å². The van der Waals surface area contributed by atoms with E-state index in [1.165, 1.54) is 0 Å². The molecule has 1 rings (SSSR count). The topological polar surface area (TPSA) is 61.3 Å². The van der Waals surface area contributed by atoms with E-state index in [4.69, 9.17) is 16.2 Å². The molecular formula is C5H14Cl2N2O. The molecule has 1 saturated heterocycles. The van der Waals surface area contributed by atoms with Crippen molar-refractivity contribution in [2.45, 2.75) is 18.5 Å². The van der Waals surface area contributed by atoms with Crippen molar-refractivity contribution < 1.29 is 4.74 Å². The smallest absolute Gasteiger partial charge is 0.0632 e. The van der Waals surface area contributed by atoms with Gasteiger partial charge in [-0.25, -0.2) is 0 Å². The normalized spacial score (nSPS) is 31.8. The Balaban J connectivity index is 0. The average molecular weight is 189 g/mol. The van der Waals surface area contributed by atoms with E-state index in [0.29, 0.717) is 6.61 Å². The predicted molar refractivity (Wildman–Crippen MR) is 45.9 cm³/mol. The maximum atomic E-state index is 5.57. The molecule has 5 heteroatoms. The minimum atomic E-state index is 0. The summed E-state index contributed by atoms with van der Waals surface area (Å²) < 4.78 is 5.05. The molecule has 64 valence electrons. The third kappa shape index (κ3) is 3.58. The van der Waals surface area contributed by atoms with E-state index in [-0.39, 0.29) is 36.9 Å². The molecule has 4 N–H and O–H groups in total. The largest absolute Gasteiger partial charge is 0.380 e. The second kappa shape index (κ2) is 6.19. The van der Waals surface area contributed by atoms with Crippen LogP contribution in [0.3, 0.4) is 0 Å². The summed E-state index contributed by atoms with van der Waals surface area (Å²) in [5.74, 6) is 0. The van der Waals surface area contributed by atoms with E-state index in [9.17, 15) is 0 Å². The molecule has 3 nitrogen and oxygen atoms in total. The van der Waals surface area contributed by atoms with Crippen LogP contribution in [0.4, 0.5) is 0 Å². The highest BCUT2D eigenvalue weighted by Gasteiger charge is 2.17. The zero-order valence-electron chi connectivity index (χ0n) is 5.66. The Morgan fingerprint density at radius 2 is 1.70 bits per heavy atom. The van der Waals surface area contributed by atoms with Gasteiger partial charge in [-0.05, 0) is 6.42 Å². The van der Waals surface area contributed by atoms with E-state index in [1.807, 2.05) is 0 Å². The number of hydrogen-bond donors (Lipinski definition) is 2. The third-order valence-corrected chi connectivity index (χ3v) is 1.46. The van der Waals surface area contributed by atoms with Gasteiger partial charge < -0.3 is 16.2 Å². The zero-order chi connectivity index (χ0) is 5.98. The van der Waals surface area contributed by atoms with Crippen molar-refractivity contribution in [2.75, 3.05) is 13.2 Å². The molecule has 0 spiro atoms. The van der Waals surface area contributed by atoms with Crippen LogP contribution in [0.25, 0.3) is 0 Å². The summed E-state index contributed by atoms with van der Waals surface area (Å²) in [5, 5.41) is 0. The molecule has 0 bridgehead atoms. The number of hydrogen-bond acceptors (Lipinski definition) is 3.